The Morgan fingerprint density at radius 3 is 2.74 bits per heavy atom. The van der Waals surface area contributed by atoms with Gasteiger partial charge in [0.15, 0.2) is 11.4 Å². The quantitative estimate of drug-likeness (QED) is 0.353. The summed E-state index contributed by atoms with van der Waals surface area (Å²) in [6, 6.07) is 21.4. The van der Waals surface area contributed by atoms with E-state index in [1.165, 1.54) is 11.8 Å². The zero-order chi connectivity index (χ0) is 21.0. The highest BCUT2D eigenvalue weighted by Gasteiger charge is 2.12. The number of fused-ring (bicyclic) bond motifs is 2. The number of thioether (sulfide) groups is 1. The highest BCUT2D eigenvalue weighted by molar-refractivity contribution is 7.98. The van der Waals surface area contributed by atoms with Gasteiger partial charge < -0.3 is 14.3 Å². The molecule has 5 aromatic rings. The third kappa shape index (κ3) is 4.44. The van der Waals surface area contributed by atoms with Gasteiger partial charge in [-0.3, -0.25) is 4.79 Å². The molecule has 2 aromatic heterocycles. The number of oxazole rings is 1. The summed E-state index contributed by atoms with van der Waals surface area (Å²) in [5.74, 6) is 1.34. The Bertz CT molecular complexity index is 1320. The number of amides is 1. The molecule has 8 heteroatoms. The molecule has 0 saturated carbocycles. The van der Waals surface area contributed by atoms with Gasteiger partial charge in [-0.25, -0.2) is 4.98 Å². The number of aryl methyl sites for hydroxylation is 1. The normalized spacial score (nSPS) is 11.2. The van der Waals surface area contributed by atoms with Crippen LogP contribution in [0.5, 0.6) is 0 Å². The summed E-state index contributed by atoms with van der Waals surface area (Å²) in [4.78, 5) is 21.2. The zero-order valence-corrected chi connectivity index (χ0v) is 17.3. The molecule has 0 saturated heterocycles. The van der Waals surface area contributed by atoms with E-state index < -0.39 is 0 Å². The molecule has 0 unspecified atom stereocenters. The predicted octanol–water partition coefficient (Wildman–Crippen LogP) is 5.23. The van der Waals surface area contributed by atoms with Crippen LogP contribution in [0.25, 0.3) is 21.9 Å². The number of benzene rings is 3. The van der Waals surface area contributed by atoms with Crippen LogP contribution >= 0.6 is 11.8 Å². The first-order valence-electron chi connectivity index (χ1n) is 9.82. The minimum atomic E-state index is -0.100. The molecule has 0 aliphatic heterocycles. The van der Waals surface area contributed by atoms with Crippen molar-refractivity contribution in [3.63, 3.8) is 0 Å². The van der Waals surface area contributed by atoms with Gasteiger partial charge in [0.05, 0.1) is 5.75 Å². The number of nitrogens with zero attached hydrogens (tertiary/aromatic N) is 3. The summed E-state index contributed by atoms with van der Waals surface area (Å²) in [5, 5.41) is 9.60. The average Bonchev–Trinajstić information content (AvgIpc) is 3.43. The van der Waals surface area contributed by atoms with Crippen molar-refractivity contribution in [1.82, 2.24) is 15.1 Å². The molecule has 1 N–H and O–H groups in total. The number of carbonyl (C=O) groups is 1. The molecule has 2 heterocycles. The molecule has 0 aliphatic carbocycles. The Morgan fingerprint density at radius 2 is 1.81 bits per heavy atom. The lowest BCUT2D eigenvalue weighted by Gasteiger charge is -2.08. The van der Waals surface area contributed by atoms with E-state index >= 15 is 0 Å². The van der Waals surface area contributed by atoms with Gasteiger partial charge in [0.1, 0.15) is 5.52 Å². The highest BCUT2D eigenvalue weighted by Crippen LogP contribution is 2.26. The van der Waals surface area contributed by atoms with Gasteiger partial charge >= 0.3 is 0 Å². The molecule has 0 atom stereocenters. The molecule has 0 fully saturated rings. The van der Waals surface area contributed by atoms with Crippen molar-refractivity contribution in [2.45, 2.75) is 23.8 Å². The number of nitrogens with one attached hydrogen (secondary N) is 1. The van der Waals surface area contributed by atoms with Crippen LogP contribution in [0.1, 0.15) is 18.1 Å². The second-order valence-electron chi connectivity index (χ2n) is 6.92. The average molecular weight is 430 g/mol. The Kier molecular flexibility index (Phi) is 5.37. The Labute approximate surface area is 181 Å². The summed E-state index contributed by atoms with van der Waals surface area (Å²) in [7, 11) is 0. The van der Waals surface area contributed by atoms with Gasteiger partial charge in [0.25, 0.3) is 5.22 Å². The SMILES string of the molecule is O=C(CCc1nc(CSc2nc3ccccc3o2)no1)Nc1cccc2ccccc12. The summed E-state index contributed by atoms with van der Waals surface area (Å²) >= 11 is 1.40. The van der Waals surface area contributed by atoms with E-state index in [1.54, 1.807) is 0 Å². The van der Waals surface area contributed by atoms with Gasteiger partial charge in [-0.15, -0.1) is 0 Å². The minimum absolute atomic E-state index is 0.100. The first-order valence-corrected chi connectivity index (χ1v) is 10.8. The Morgan fingerprint density at radius 1 is 0.968 bits per heavy atom. The third-order valence-electron chi connectivity index (χ3n) is 4.74. The molecule has 0 bridgehead atoms. The highest BCUT2D eigenvalue weighted by atomic mass is 32.2. The van der Waals surface area contributed by atoms with Crippen LogP contribution in [0.2, 0.25) is 0 Å². The largest absolute Gasteiger partial charge is 0.431 e. The lowest BCUT2D eigenvalue weighted by molar-refractivity contribution is -0.116. The lowest BCUT2D eigenvalue weighted by Crippen LogP contribution is -2.12. The van der Waals surface area contributed by atoms with E-state index in [-0.39, 0.29) is 12.3 Å². The monoisotopic (exact) mass is 430 g/mol. The minimum Gasteiger partial charge on any atom is -0.431 e. The number of rotatable bonds is 7. The smallest absolute Gasteiger partial charge is 0.257 e. The van der Waals surface area contributed by atoms with E-state index in [4.69, 9.17) is 8.94 Å². The molecule has 0 radical (unpaired) electrons. The maximum atomic E-state index is 12.4. The van der Waals surface area contributed by atoms with Gasteiger partial charge in [-0.2, -0.15) is 4.98 Å². The molecular formula is C23H18N4O3S. The van der Waals surface area contributed by atoms with E-state index in [2.05, 4.69) is 20.4 Å². The molecule has 0 aliphatic rings. The van der Waals surface area contributed by atoms with Crippen LogP contribution in [-0.4, -0.2) is 21.0 Å². The van der Waals surface area contributed by atoms with Gasteiger partial charge in [0.2, 0.25) is 11.8 Å². The lowest BCUT2D eigenvalue weighted by atomic mass is 10.1. The van der Waals surface area contributed by atoms with Crippen molar-refractivity contribution in [2.75, 3.05) is 5.32 Å². The predicted molar refractivity (Wildman–Crippen MR) is 119 cm³/mol. The maximum Gasteiger partial charge on any atom is 0.257 e. The first-order chi connectivity index (χ1) is 15.2. The summed E-state index contributed by atoms with van der Waals surface area (Å²) in [6.45, 7) is 0. The molecular weight excluding hydrogens is 412 g/mol. The van der Waals surface area contributed by atoms with Crippen LogP contribution in [0.3, 0.4) is 0 Å². The van der Waals surface area contributed by atoms with E-state index in [9.17, 15) is 4.79 Å². The Hall–Kier alpha value is -3.65. The number of carbonyl (C=O) groups excluding carboxylic acids is 1. The number of aromatic nitrogens is 3. The van der Waals surface area contributed by atoms with Crippen molar-refractivity contribution in [3.05, 3.63) is 78.4 Å². The van der Waals surface area contributed by atoms with Crippen LogP contribution < -0.4 is 5.32 Å². The molecule has 0 spiro atoms. The van der Waals surface area contributed by atoms with Crippen molar-refractivity contribution in [3.8, 4) is 0 Å². The second-order valence-corrected chi connectivity index (χ2v) is 7.84. The fourth-order valence-electron chi connectivity index (χ4n) is 3.26. The van der Waals surface area contributed by atoms with Crippen LogP contribution in [-0.2, 0) is 17.0 Å². The molecule has 5 rings (SSSR count). The topological polar surface area (TPSA) is 94.0 Å². The van der Waals surface area contributed by atoms with Gasteiger partial charge in [0, 0.05) is 23.9 Å². The van der Waals surface area contributed by atoms with E-state index in [0.29, 0.717) is 29.1 Å². The maximum absolute atomic E-state index is 12.4. The van der Waals surface area contributed by atoms with E-state index in [1.807, 2.05) is 66.7 Å². The van der Waals surface area contributed by atoms with E-state index in [0.717, 1.165) is 27.6 Å². The zero-order valence-electron chi connectivity index (χ0n) is 16.4. The fourth-order valence-corrected chi connectivity index (χ4v) is 3.94. The first kappa shape index (κ1) is 19.3. The second kappa shape index (κ2) is 8.61. The fraction of sp³-hybridized carbons (Fsp3) is 0.130. The molecule has 154 valence electrons. The van der Waals surface area contributed by atoms with Crippen LogP contribution in [0.15, 0.2) is 80.9 Å². The number of hydrogen-bond acceptors (Lipinski definition) is 7. The van der Waals surface area contributed by atoms with Gasteiger partial charge in [-0.1, -0.05) is 65.4 Å². The van der Waals surface area contributed by atoms with Crippen LogP contribution in [0, 0.1) is 0 Å². The molecule has 7 nitrogen and oxygen atoms in total. The molecule has 1 amide bonds. The number of para-hydroxylation sites is 2. The standard InChI is InChI=1S/C23H18N4O3S/c28-21(24-17-10-5-7-15-6-1-2-8-16(15)17)12-13-22-26-20(27-30-22)14-31-23-25-18-9-3-4-11-19(18)29-23/h1-11H,12-14H2,(H,24,28). The summed E-state index contributed by atoms with van der Waals surface area (Å²) in [6.07, 6.45) is 0.625. The molecule has 31 heavy (non-hydrogen) atoms. The van der Waals surface area contributed by atoms with Crippen molar-refractivity contribution < 1.29 is 13.7 Å². The van der Waals surface area contributed by atoms with Crippen molar-refractivity contribution in [2.24, 2.45) is 0 Å². The van der Waals surface area contributed by atoms with Crippen molar-refractivity contribution >= 4 is 45.2 Å². The molecule has 3 aromatic carbocycles. The summed E-state index contributed by atoms with van der Waals surface area (Å²) in [5.41, 5.74) is 2.36. The third-order valence-corrected chi connectivity index (χ3v) is 5.56. The number of hydrogen-bond donors (Lipinski definition) is 1. The van der Waals surface area contributed by atoms with Gasteiger partial charge in [-0.05, 0) is 23.6 Å². The number of anilines is 1. The van der Waals surface area contributed by atoms with Crippen LogP contribution in [0.4, 0.5) is 5.69 Å². The van der Waals surface area contributed by atoms with Crippen molar-refractivity contribution in [1.29, 1.82) is 0 Å². The summed E-state index contributed by atoms with van der Waals surface area (Å²) < 4.78 is 11.0. The Balaban J connectivity index is 1.15.